The predicted molar refractivity (Wildman–Crippen MR) is 66.2 cm³/mol. The molecule has 1 aromatic heterocycles. The molecule has 1 saturated heterocycles. The van der Waals surface area contributed by atoms with Crippen molar-refractivity contribution in [2.45, 2.75) is 32.1 Å². The largest absolute Gasteiger partial charge is 0.508 e. The second-order valence-electron chi connectivity index (χ2n) is 4.57. The number of aliphatic hydroxyl groups excluding tert-OH is 1. The number of aliphatic hydroxyl groups is 1. The Bertz CT molecular complexity index is 559. The molecule has 5 nitrogen and oxygen atoms in total. The molecule has 3 rings (SSSR count). The molecule has 0 amide bonds. The summed E-state index contributed by atoms with van der Waals surface area (Å²) < 4.78 is 7.54. The van der Waals surface area contributed by atoms with E-state index in [1.807, 2.05) is 10.7 Å². The van der Waals surface area contributed by atoms with Gasteiger partial charge >= 0.3 is 0 Å². The Morgan fingerprint density at radius 3 is 3.00 bits per heavy atom. The van der Waals surface area contributed by atoms with Crippen LogP contribution in [-0.2, 0) is 11.3 Å². The molecule has 1 atom stereocenters. The molecule has 2 aromatic rings. The number of hydrogen-bond acceptors (Lipinski definition) is 4. The van der Waals surface area contributed by atoms with Crippen LogP contribution in [0.15, 0.2) is 18.2 Å². The third-order valence-electron chi connectivity index (χ3n) is 3.34. The van der Waals surface area contributed by atoms with Crippen molar-refractivity contribution in [3.63, 3.8) is 0 Å². The molecule has 0 bridgehead atoms. The summed E-state index contributed by atoms with van der Waals surface area (Å²) >= 11 is 0. The van der Waals surface area contributed by atoms with Crippen LogP contribution < -0.4 is 0 Å². The van der Waals surface area contributed by atoms with E-state index in [1.54, 1.807) is 12.1 Å². The number of phenolic OH excluding ortho intramolecular Hbond substituents is 1. The number of benzene rings is 1. The maximum absolute atomic E-state index is 9.52. The van der Waals surface area contributed by atoms with E-state index < -0.39 is 0 Å². The summed E-state index contributed by atoms with van der Waals surface area (Å²) in [4.78, 5) is 0. The minimum Gasteiger partial charge on any atom is -0.508 e. The summed E-state index contributed by atoms with van der Waals surface area (Å²) in [6, 6.07) is 5.08. The molecule has 1 fully saturated rings. The molecule has 1 aliphatic rings. The fourth-order valence-electron chi connectivity index (χ4n) is 2.45. The van der Waals surface area contributed by atoms with Crippen LogP contribution in [0.2, 0.25) is 0 Å². The average molecular weight is 248 g/mol. The van der Waals surface area contributed by atoms with E-state index in [0.717, 1.165) is 36.8 Å². The number of ether oxygens (including phenoxy) is 1. The second-order valence-corrected chi connectivity index (χ2v) is 4.57. The molecule has 1 aromatic carbocycles. The van der Waals surface area contributed by atoms with Gasteiger partial charge in [-0.15, -0.1) is 0 Å². The van der Waals surface area contributed by atoms with Crippen molar-refractivity contribution in [1.82, 2.24) is 9.78 Å². The third-order valence-corrected chi connectivity index (χ3v) is 3.34. The van der Waals surface area contributed by atoms with Gasteiger partial charge in [-0.1, -0.05) is 0 Å². The van der Waals surface area contributed by atoms with Crippen LogP contribution in [0.25, 0.3) is 10.9 Å². The van der Waals surface area contributed by atoms with Gasteiger partial charge in [0, 0.05) is 12.0 Å². The molecule has 5 heteroatoms. The Morgan fingerprint density at radius 1 is 1.39 bits per heavy atom. The predicted octanol–water partition coefficient (Wildman–Crippen LogP) is 1.93. The lowest BCUT2D eigenvalue weighted by Crippen LogP contribution is -2.19. The molecule has 0 saturated carbocycles. The van der Waals surface area contributed by atoms with Gasteiger partial charge in [0.25, 0.3) is 0 Å². The van der Waals surface area contributed by atoms with Crippen molar-refractivity contribution in [3.8, 4) is 5.75 Å². The molecule has 2 N–H and O–H groups in total. The third kappa shape index (κ3) is 1.85. The minimum absolute atomic E-state index is 0.0638. The molecule has 2 heterocycles. The molecular weight excluding hydrogens is 232 g/mol. The lowest BCUT2D eigenvalue weighted by atomic mass is 10.1. The van der Waals surface area contributed by atoms with Crippen molar-refractivity contribution < 1.29 is 14.9 Å². The first-order valence-corrected chi connectivity index (χ1v) is 6.22. The molecule has 1 unspecified atom stereocenters. The van der Waals surface area contributed by atoms with E-state index >= 15 is 0 Å². The lowest BCUT2D eigenvalue weighted by molar-refractivity contribution is -0.0370. The summed E-state index contributed by atoms with van der Waals surface area (Å²) in [5, 5.41) is 24.0. The topological polar surface area (TPSA) is 67.5 Å². The SMILES string of the molecule is OCc1nn(C2CCCCO2)c2ccc(O)cc12. The highest BCUT2D eigenvalue weighted by Crippen LogP contribution is 2.29. The zero-order valence-electron chi connectivity index (χ0n) is 10.0. The van der Waals surface area contributed by atoms with Gasteiger partial charge in [0.2, 0.25) is 0 Å². The first kappa shape index (κ1) is 11.5. The Morgan fingerprint density at radius 2 is 2.28 bits per heavy atom. The fourth-order valence-corrected chi connectivity index (χ4v) is 2.45. The zero-order chi connectivity index (χ0) is 12.5. The maximum atomic E-state index is 9.52. The monoisotopic (exact) mass is 248 g/mol. The smallest absolute Gasteiger partial charge is 0.150 e. The van der Waals surface area contributed by atoms with Crippen molar-refractivity contribution >= 4 is 10.9 Å². The first-order chi connectivity index (χ1) is 8.79. The zero-order valence-corrected chi connectivity index (χ0v) is 10.0. The highest BCUT2D eigenvalue weighted by atomic mass is 16.5. The van der Waals surface area contributed by atoms with Gasteiger partial charge in [-0.3, -0.25) is 0 Å². The number of phenols is 1. The fraction of sp³-hybridized carbons (Fsp3) is 0.462. The number of fused-ring (bicyclic) bond motifs is 1. The summed E-state index contributed by atoms with van der Waals surface area (Å²) in [7, 11) is 0. The highest BCUT2D eigenvalue weighted by molar-refractivity contribution is 5.83. The Kier molecular flexibility index (Phi) is 2.93. The molecule has 1 aliphatic heterocycles. The van der Waals surface area contributed by atoms with Crippen LogP contribution in [0.5, 0.6) is 5.75 Å². The van der Waals surface area contributed by atoms with Gasteiger partial charge < -0.3 is 14.9 Å². The normalized spacial score (nSPS) is 20.4. The standard InChI is InChI=1S/C13H16N2O3/c16-8-11-10-7-9(17)4-5-12(10)15(14-11)13-3-1-2-6-18-13/h4-5,7,13,16-17H,1-3,6,8H2. The minimum atomic E-state index is -0.139. The van der Waals surface area contributed by atoms with Crippen LogP contribution in [0, 0.1) is 0 Å². The first-order valence-electron chi connectivity index (χ1n) is 6.22. The van der Waals surface area contributed by atoms with Gasteiger partial charge in [-0.25, -0.2) is 4.68 Å². The number of aromatic nitrogens is 2. The van der Waals surface area contributed by atoms with Gasteiger partial charge in [0.05, 0.1) is 17.8 Å². The molecule has 0 aliphatic carbocycles. The highest BCUT2D eigenvalue weighted by Gasteiger charge is 2.20. The maximum Gasteiger partial charge on any atom is 0.150 e. The summed E-state index contributed by atoms with van der Waals surface area (Å²) in [5.74, 6) is 0.182. The van der Waals surface area contributed by atoms with Crippen LogP contribution in [0.1, 0.15) is 31.2 Å². The van der Waals surface area contributed by atoms with E-state index in [-0.39, 0.29) is 18.6 Å². The summed E-state index contributed by atoms with van der Waals surface area (Å²) in [5.41, 5.74) is 1.47. The van der Waals surface area contributed by atoms with Crippen LogP contribution >= 0.6 is 0 Å². The van der Waals surface area contributed by atoms with Crippen molar-refractivity contribution in [3.05, 3.63) is 23.9 Å². The van der Waals surface area contributed by atoms with E-state index in [0.29, 0.717) is 5.69 Å². The van der Waals surface area contributed by atoms with E-state index in [2.05, 4.69) is 5.10 Å². The Labute approximate surface area is 105 Å². The Hall–Kier alpha value is -1.59. The van der Waals surface area contributed by atoms with Gasteiger partial charge in [0.15, 0.2) is 6.23 Å². The van der Waals surface area contributed by atoms with E-state index in [1.165, 1.54) is 0 Å². The number of rotatable bonds is 2. The van der Waals surface area contributed by atoms with Crippen LogP contribution in [-0.4, -0.2) is 26.6 Å². The number of hydrogen-bond donors (Lipinski definition) is 2. The van der Waals surface area contributed by atoms with Crippen molar-refractivity contribution in [1.29, 1.82) is 0 Å². The van der Waals surface area contributed by atoms with Crippen molar-refractivity contribution in [2.24, 2.45) is 0 Å². The van der Waals surface area contributed by atoms with Crippen LogP contribution in [0.3, 0.4) is 0 Å². The van der Waals surface area contributed by atoms with Crippen molar-refractivity contribution in [2.75, 3.05) is 6.61 Å². The second kappa shape index (κ2) is 4.59. The van der Waals surface area contributed by atoms with Crippen LogP contribution in [0.4, 0.5) is 0 Å². The van der Waals surface area contributed by atoms with Gasteiger partial charge in [-0.05, 0) is 37.5 Å². The summed E-state index contributed by atoms with van der Waals surface area (Å²) in [6.07, 6.45) is 3.08. The quantitative estimate of drug-likeness (QED) is 0.852. The van der Waals surface area contributed by atoms with E-state index in [4.69, 9.17) is 4.74 Å². The Balaban J connectivity index is 2.11. The summed E-state index contributed by atoms with van der Waals surface area (Å²) in [6.45, 7) is 0.609. The van der Waals surface area contributed by atoms with E-state index in [9.17, 15) is 10.2 Å². The lowest BCUT2D eigenvalue weighted by Gasteiger charge is -2.23. The molecule has 0 radical (unpaired) electrons. The number of nitrogens with zero attached hydrogens (tertiary/aromatic N) is 2. The van der Waals surface area contributed by atoms with Gasteiger partial charge in [0.1, 0.15) is 5.75 Å². The molecule has 96 valence electrons. The van der Waals surface area contributed by atoms with Gasteiger partial charge in [-0.2, -0.15) is 5.10 Å². The molecule has 0 spiro atoms. The molecule has 18 heavy (non-hydrogen) atoms. The molecular formula is C13H16N2O3. The average Bonchev–Trinajstić information content (AvgIpc) is 2.77. The number of aromatic hydroxyl groups is 1.